The van der Waals surface area contributed by atoms with Gasteiger partial charge in [0.25, 0.3) is 5.91 Å². The molecule has 0 atom stereocenters. The number of esters is 1. The number of ether oxygens (including phenoxy) is 2. The summed E-state index contributed by atoms with van der Waals surface area (Å²) in [6, 6.07) is 15.1. The van der Waals surface area contributed by atoms with Crippen LogP contribution >= 0.6 is 0 Å². The minimum atomic E-state index is -0.681. The van der Waals surface area contributed by atoms with Gasteiger partial charge in [0.15, 0.2) is 0 Å². The first kappa shape index (κ1) is 26.2. The Hall–Kier alpha value is -4.86. The zero-order valence-corrected chi connectivity index (χ0v) is 21.5. The van der Waals surface area contributed by atoms with Gasteiger partial charge in [-0.1, -0.05) is 12.1 Å². The van der Waals surface area contributed by atoms with Gasteiger partial charge >= 0.3 is 12.0 Å². The molecular weight excluding hydrogens is 488 g/mol. The van der Waals surface area contributed by atoms with Crippen molar-refractivity contribution in [2.45, 2.75) is 20.8 Å². The zero-order chi connectivity index (χ0) is 27.4. The third-order valence-corrected chi connectivity index (χ3v) is 6.05. The summed E-state index contributed by atoms with van der Waals surface area (Å²) < 4.78 is 12.2. The number of hydrogen-bond donors (Lipinski definition) is 2. The molecule has 10 heteroatoms. The van der Waals surface area contributed by atoms with Crippen molar-refractivity contribution in [1.82, 2.24) is 14.8 Å². The number of methoxy groups -OCH3 is 1. The third kappa shape index (κ3) is 5.29. The van der Waals surface area contributed by atoms with Crippen LogP contribution in [0.15, 0.2) is 60.3 Å². The van der Waals surface area contributed by atoms with Crippen LogP contribution in [0.25, 0.3) is 11.8 Å². The number of aromatic nitrogens is 1. The molecule has 196 valence electrons. The summed E-state index contributed by atoms with van der Waals surface area (Å²) in [5, 5.41) is 5.22. The SMILES string of the molecule is CCOC(=O)c1ccc(-n2c(C)cc(/C=C3/NC(=O)N(CC(=O)Nc4ccccc4OC)C3=O)c2C)cc1. The molecule has 0 aliphatic carbocycles. The lowest BCUT2D eigenvalue weighted by Gasteiger charge is -2.13. The first-order chi connectivity index (χ1) is 18.2. The van der Waals surface area contributed by atoms with Crippen molar-refractivity contribution in [3.63, 3.8) is 0 Å². The molecule has 0 radical (unpaired) electrons. The molecule has 0 saturated carbocycles. The Morgan fingerprint density at radius 2 is 1.76 bits per heavy atom. The lowest BCUT2D eigenvalue weighted by atomic mass is 10.2. The van der Waals surface area contributed by atoms with E-state index in [0.717, 1.165) is 27.5 Å². The zero-order valence-electron chi connectivity index (χ0n) is 21.5. The van der Waals surface area contributed by atoms with Gasteiger partial charge in [-0.15, -0.1) is 0 Å². The first-order valence-corrected chi connectivity index (χ1v) is 12.0. The number of nitrogens with zero attached hydrogens (tertiary/aromatic N) is 2. The largest absolute Gasteiger partial charge is 0.495 e. The predicted octanol–water partition coefficient (Wildman–Crippen LogP) is 3.81. The predicted molar refractivity (Wildman–Crippen MR) is 141 cm³/mol. The molecule has 1 saturated heterocycles. The molecule has 1 fully saturated rings. The fourth-order valence-electron chi connectivity index (χ4n) is 4.24. The molecule has 3 aromatic rings. The Bertz CT molecular complexity index is 1440. The number of benzene rings is 2. The molecule has 0 spiro atoms. The molecule has 0 bridgehead atoms. The fourth-order valence-corrected chi connectivity index (χ4v) is 4.24. The number of aryl methyl sites for hydroxylation is 1. The van der Waals surface area contributed by atoms with E-state index < -0.39 is 24.4 Å². The Morgan fingerprint density at radius 1 is 1.05 bits per heavy atom. The van der Waals surface area contributed by atoms with E-state index >= 15 is 0 Å². The minimum Gasteiger partial charge on any atom is -0.495 e. The normalized spacial score (nSPS) is 14.0. The molecule has 0 unspecified atom stereocenters. The number of nitrogens with one attached hydrogen (secondary N) is 2. The van der Waals surface area contributed by atoms with Crippen molar-refractivity contribution in [2.24, 2.45) is 0 Å². The average molecular weight is 517 g/mol. The Morgan fingerprint density at radius 3 is 2.45 bits per heavy atom. The number of carbonyl (C=O) groups excluding carboxylic acids is 4. The number of para-hydroxylation sites is 2. The van der Waals surface area contributed by atoms with E-state index in [9.17, 15) is 19.2 Å². The maximum absolute atomic E-state index is 13.0. The second kappa shape index (κ2) is 11.0. The number of amides is 4. The summed E-state index contributed by atoms with van der Waals surface area (Å²) in [6.07, 6.45) is 1.59. The summed E-state index contributed by atoms with van der Waals surface area (Å²) in [5.74, 6) is -1.07. The molecule has 1 aliphatic heterocycles. The van der Waals surface area contributed by atoms with E-state index in [0.29, 0.717) is 23.6 Å². The molecule has 1 aliphatic rings. The summed E-state index contributed by atoms with van der Waals surface area (Å²) in [7, 11) is 1.48. The highest BCUT2D eigenvalue weighted by atomic mass is 16.5. The molecule has 4 amide bonds. The van der Waals surface area contributed by atoms with E-state index in [1.165, 1.54) is 7.11 Å². The van der Waals surface area contributed by atoms with Crippen molar-refractivity contribution in [3.8, 4) is 11.4 Å². The van der Waals surface area contributed by atoms with Gasteiger partial charge in [-0.3, -0.25) is 9.59 Å². The quantitative estimate of drug-likeness (QED) is 0.267. The Kier molecular flexibility index (Phi) is 7.61. The summed E-state index contributed by atoms with van der Waals surface area (Å²) in [6.45, 7) is 5.40. The molecule has 2 N–H and O–H groups in total. The highest BCUT2D eigenvalue weighted by molar-refractivity contribution is 6.16. The highest BCUT2D eigenvalue weighted by Crippen LogP contribution is 2.25. The standard InChI is InChI=1S/C28H28N4O6/c1-5-38-27(35)19-10-12-21(13-11-19)32-17(2)14-20(18(32)3)15-23-26(34)31(28(36)30-23)16-25(33)29-22-8-6-7-9-24(22)37-4/h6-15H,5,16H2,1-4H3,(H,29,33)(H,30,36)/b23-15+. The number of carbonyl (C=O) groups is 4. The van der Waals surface area contributed by atoms with Gasteiger partial charge in [0.2, 0.25) is 5.91 Å². The van der Waals surface area contributed by atoms with Gasteiger partial charge in [-0.05, 0) is 74.9 Å². The number of urea groups is 1. The second-order valence-corrected chi connectivity index (χ2v) is 8.56. The number of anilines is 1. The maximum Gasteiger partial charge on any atom is 0.338 e. The van der Waals surface area contributed by atoms with Gasteiger partial charge in [0.05, 0.1) is 25.0 Å². The summed E-state index contributed by atoms with van der Waals surface area (Å²) in [5.41, 5.74) is 4.23. The summed E-state index contributed by atoms with van der Waals surface area (Å²) >= 11 is 0. The molecule has 2 heterocycles. The first-order valence-electron chi connectivity index (χ1n) is 12.0. The second-order valence-electron chi connectivity index (χ2n) is 8.56. The van der Waals surface area contributed by atoms with Crippen LogP contribution in [0.3, 0.4) is 0 Å². The van der Waals surface area contributed by atoms with Gasteiger partial charge < -0.3 is 24.7 Å². The van der Waals surface area contributed by atoms with Crippen molar-refractivity contribution < 1.29 is 28.7 Å². The van der Waals surface area contributed by atoms with Gasteiger partial charge in [0.1, 0.15) is 18.0 Å². The van der Waals surface area contributed by atoms with Crippen LogP contribution < -0.4 is 15.4 Å². The topological polar surface area (TPSA) is 119 Å². The van der Waals surface area contributed by atoms with Gasteiger partial charge in [-0.2, -0.15) is 0 Å². The van der Waals surface area contributed by atoms with E-state index in [2.05, 4.69) is 10.6 Å². The van der Waals surface area contributed by atoms with Crippen molar-refractivity contribution in [2.75, 3.05) is 25.6 Å². The van der Waals surface area contributed by atoms with Gasteiger partial charge in [0, 0.05) is 17.1 Å². The maximum atomic E-state index is 13.0. The van der Waals surface area contributed by atoms with Crippen LogP contribution in [-0.4, -0.2) is 53.5 Å². The highest BCUT2D eigenvalue weighted by Gasteiger charge is 2.35. The monoisotopic (exact) mass is 516 g/mol. The fraction of sp³-hybridized carbons (Fsp3) is 0.214. The third-order valence-electron chi connectivity index (χ3n) is 6.05. The van der Waals surface area contributed by atoms with Crippen LogP contribution in [0.1, 0.15) is 34.2 Å². The van der Waals surface area contributed by atoms with Crippen molar-refractivity contribution in [3.05, 3.63) is 82.8 Å². The molecule has 2 aromatic carbocycles. The lowest BCUT2D eigenvalue weighted by molar-refractivity contribution is -0.127. The van der Waals surface area contributed by atoms with E-state index in [1.54, 1.807) is 49.4 Å². The molecule has 4 rings (SSSR count). The Labute approximate surface area is 219 Å². The molecular formula is C28H28N4O6. The lowest BCUT2D eigenvalue weighted by Crippen LogP contribution is -2.38. The van der Waals surface area contributed by atoms with E-state index in [-0.39, 0.29) is 11.7 Å². The van der Waals surface area contributed by atoms with Crippen LogP contribution in [0.5, 0.6) is 5.75 Å². The minimum absolute atomic E-state index is 0.0676. The average Bonchev–Trinajstić information content (AvgIpc) is 3.33. The van der Waals surface area contributed by atoms with Crippen molar-refractivity contribution >= 4 is 35.6 Å². The van der Waals surface area contributed by atoms with Crippen LogP contribution in [0.4, 0.5) is 10.5 Å². The molecule has 38 heavy (non-hydrogen) atoms. The number of rotatable bonds is 8. The summed E-state index contributed by atoms with van der Waals surface area (Å²) in [4.78, 5) is 50.9. The molecule has 1 aromatic heterocycles. The smallest absolute Gasteiger partial charge is 0.338 e. The van der Waals surface area contributed by atoms with Crippen LogP contribution in [-0.2, 0) is 14.3 Å². The van der Waals surface area contributed by atoms with Crippen LogP contribution in [0.2, 0.25) is 0 Å². The van der Waals surface area contributed by atoms with Crippen molar-refractivity contribution in [1.29, 1.82) is 0 Å². The number of hydrogen-bond acceptors (Lipinski definition) is 6. The van der Waals surface area contributed by atoms with E-state index in [4.69, 9.17) is 9.47 Å². The van der Waals surface area contributed by atoms with Gasteiger partial charge in [-0.25, -0.2) is 14.5 Å². The van der Waals surface area contributed by atoms with Crippen LogP contribution in [0, 0.1) is 13.8 Å². The Balaban J connectivity index is 1.51. The van der Waals surface area contributed by atoms with E-state index in [1.807, 2.05) is 36.6 Å². The molecule has 10 nitrogen and oxygen atoms in total. The number of imide groups is 1.